The largest absolute Gasteiger partial charge is 0.493 e. The first-order chi connectivity index (χ1) is 25.9. The number of methoxy groups -OCH3 is 1. The van der Waals surface area contributed by atoms with Crippen LogP contribution in [0.5, 0.6) is 11.5 Å². The van der Waals surface area contributed by atoms with Gasteiger partial charge in [0.2, 0.25) is 27.7 Å². The van der Waals surface area contributed by atoms with Gasteiger partial charge in [0.05, 0.1) is 30.0 Å². The molecule has 1 saturated heterocycles. The molecule has 3 amide bonds. The van der Waals surface area contributed by atoms with E-state index in [0.717, 1.165) is 41.8 Å². The number of ether oxygens (including phenoxy) is 2. The number of thiazole rings is 1. The Morgan fingerprint density at radius 3 is 2.61 bits per heavy atom. The molecule has 0 spiro atoms. The van der Waals surface area contributed by atoms with E-state index >= 15 is 0 Å². The molecule has 4 atom stereocenters. The van der Waals surface area contributed by atoms with E-state index < -0.39 is 39.2 Å². The molecule has 0 unspecified atom stereocenters. The quantitative estimate of drug-likeness (QED) is 0.0923. The molecule has 0 radical (unpaired) electrons. The number of primary amides is 1. The number of carbonyl (C=O) groups excluding carboxylic acids is 3. The Labute approximate surface area is 318 Å². The number of rotatable bonds is 17. The van der Waals surface area contributed by atoms with Gasteiger partial charge in [0.25, 0.3) is 0 Å². The van der Waals surface area contributed by atoms with E-state index in [9.17, 15) is 22.8 Å². The van der Waals surface area contributed by atoms with Gasteiger partial charge in [-0.05, 0) is 62.5 Å². The van der Waals surface area contributed by atoms with Crippen molar-refractivity contribution in [1.29, 1.82) is 0 Å². The number of hydrogen-bond donors (Lipinski definition) is 2. The summed E-state index contributed by atoms with van der Waals surface area (Å²) in [6.45, 7) is 4.39. The number of nitrogens with zero attached hydrogens (tertiary/aromatic N) is 3. The third kappa shape index (κ3) is 8.26. The topological polar surface area (TPSA) is 184 Å². The number of sulfonamides is 1. The van der Waals surface area contributed by atoms with Crippen molar-refractivity contribution in [2.45, 2.75) is 101 Å². The van der Waals surface area contributed by atoms with E-state index in [1.807, 2.05) is 35.7 Å². The van der Waals surface area contributed by atoms with Crippen molar-refractivity contribution in [2.24, 2.45) is 17.6 Å². The number of carbonyl (C=O) groups is 3. The maximum Gasteiger partial charge on any atom is 0.240 e. The molecule has 3 aromatic heterocycles. The minimum atomic E-state index is -3.50. The van der Waals surface area contributed by atoms with Gasteiger partial charge in [-0.15, -0.1) is 11.3 Å². The van der Waals surface area contributed by atoms with Crippen LogP contribution in [0.2, 0.25) is 0 Å². The summed E-state index contributed by atoms with van der Waals surface area (Å²) in [6, 6.07) is 6.64. The molecule has 3 fully saturated rings. The zero-order valence-corrected chi connectivity index (χ0v) is 32.4. The number of unbranched alkanes of at least 4 members (excludes halogenated alkanes) is 4. The highest BCUT2D eigenvalue weighted by Gasteiger charge is 2.45. The van der Waals surface area contributed by atoms with Gasteiger partial charge in [-0.25, -0.2) is 18.4 Å². The number of allylic oxidation sites excluding steroid dienone is 2. The van der Waals surface area contributed by atoms with Gasteiger partial charge in [-0.2, -0.15) is 0 Å². The summed E-state index contributed by atoms with van der Waals surface area (Å²) in [5.74, 6) is -0.00668. The van der Waals surface area contributed by atoms with Gasteiger partial charge in [0.15, 0.2) is 22.7 Å². The van der Waals surface area contributed by atoms with Crippen molar-refractivity contribution in [3.8, 4) is 22.2 Å². The van der Waals surface area contributed by atoms with Crippen molar-refractivity contribution in [3.05, 3.63) is 47.5 Å². The number of benzene rings is 1. The zero-order valence-electron chi connectivity index (χ0n) is 30.8. The Hall–Kier alpha value is -4.50. The average Bonchev–Trinajstić information content (AvgIpc) is 4.00. The first-order valence-corrected chi connectivity index (χ1v) is 21.2. The van der Waals surface area contributed by atoms with Crippen LogP contribution in [0.3, 0.4) is 0 Å². The summed E-state index contributed by atoms with van der Waals surface area (Å²) in [6.07, 6.45) is 10.3. The minimum Gasteiger partial charge on any atom is -0.493 e. The Balaban J connectivity index is 0.937. The van der Waals surface area contributed by atoms with Crippen molar-refractivity contribution >= 4 is 61.2 Å². The van der Waals surface area contributed by atoms with E-state index in [4.69, 9.17) is 29.6 Å². The third-order valence-electron chi connectivity index (χ3n) is 10.4. The van der Waals surface area contributed by atoms with E-state index in [1.54, 1.807) is 12.0 Å². The third-order valence-corrected chi connectivity index (χ3v) is 13.1. The van der Waals surface area contributed by atoms with Crippen LogP contribution in [0.1, 0.15) is 89.7 Å². The number of furan rings is 1. The fraction of sp³-hybridized carbons (Fsp3) is 0.513. The van der Waals surface area contributed by atoms with Gasteiger partial charge in [-0.1, -0.05) is 44.9 Å². The van der Waals surface area contributed by atoms with Crippen molar-refractivity contribution in [2.75, 3.05) is 13.7 Å². The second-order valence-corrected chi connectivity index (χ2v) is 17.7. The minimum absolute atomic E-state index is 0.0910. The van der Waals surface area contributed by atoms with Crippen LogP contribution in [0, 0.1) is 11.8 Å². The summed E-state index contributed by atoms with van der Waals surface area (Å²) < 4.78 is 44.7. The SMILES string of the molecule is COc1cccc2c1oc1c(O[C@@H]3C[C@@H](C(N)=O)N(C(=O)CCCCCC/C=C\[C@@H]4C[C@@H]4C(=O)NS(=O)(=O)C4CC4)C3)cc(-c3nc(C(C)C)cs3)nc12. The normalized spacial score (nSPS) is 21.4. The molecule has 1 aromatic carbocycles. The summed E-state index contributed by atoms with van der Waals surface area (Å²) in [7, 11) is -1.92. The Morgan fingerprint density at radius 2 is 1.89 bits per heavy atom. The maximum atomic E-state index is 13.4. The van der Waals surface area contributed by atoms with E-state index in [0.29, 0.717) is 66.0 Å². The predicted molar refractivity (Wildman–Crippen MR) is 206 cm³/mol. The Morgan fingerprint density at radius 1 is 1.09 bits per heavy atom. The average molecular weight is 778 g/mol. The summed E-state index contributed by atoms with van der Waals surface area (Å²) >= 11 is 1.51. The molecule has 2 aliphatic carbocycles. The fourth-order valence-electron chi connectivity index (χ4n) is 7.05. The summed E-state index contributed by atoms with van der Waals surface area (Å²) in [5.41, 5.74) is 8.99. The Kier molecular flexibility index (Phi) is 11.0. The van der Waals surface area contributed by atoms with Crippen LogP contribution in [-0.4, -0.2) is 72.1 Å². The molecule has 4 heterocycles. The predicted octanol–water partition coefficient (Wildman–Crippen LogP) is 6.21. The highest BCUT2D eigenvalue weighted by atomic mass is 32.2. The van der Waals surface area contributed by atoms with E-state index in [1.165, 1.54) is 11.3 Å². The second-order valence-electron chi connectivity index (χ2n) is 14.9. The van der Waals surface area contributed by atoms with Crippen molar-refractivity contribution in [1.82, 2.24) is 19.6 Å². The van der Waals surface area contributed by atoms with Gasteiger partial charge in [-0.3, -0.25) is 19.1 Å². The zero-order chi connectivity index (χ0) is 38.1. The lowest BCUT2D eigenvalue weighted by atomic mass is 10.1. The molecule has 3 aliphatic rings. The lowest BCUT2D eigenvalue weighted by molar-refractivity contribution is -0.137. The molecule has 288 valence electrons. The number of amides is 3. The number of nitrogens with two attached hydrogens (primary N) is 1. The number of aromatic nitrogens is 2. The molecule has 13 nitrogen and oxygen atoms in total. The van der Waals surface area contributed by atoms with Gasteiger partial charge < -0.3 is 24.5 Å². The highest BCUT2D eigenvalue weighted by Crippen LogP contribution is 2.42. The van der Waals surface area contributed by atoms with Crippen LogP contribution < -0.4 is 19.9 Å². The molecule has 1 aliphatic heterocycles. The molecule has 15 heteroatoms. The Bertz CT molecular complexity index is 2190. The molecule has 2 saturated carbocycles. The molecular weight excluding hydrogens is 731 g/mol. The van der Waals surface area contributed by atoms with Gasteiger partial charge >= 0.3 is 0 Å². The first kappa shape index (κ1) is 37.8. The van der Waals surface area contributed by atoms with E-state index in [-0.39, 0.29) is 36.6 Å². The standard InChI is InChI=1S/C39H47N5O8S2/c1-22(2)29-21-53-39(42-29)28-19-32(36-34(41-28)26-12-10-13-31(50-3)35(26)52-36)51-24-18-30(37(40)46)44(20-24)33(45)14-9-7-5-4-6-8-11-23-17-27(23)38(47)43-54(48,49)25-15-16-25/h8,10-13,19,21-25,27,30H,4-7,9,14-18,20H2,1-3H3,(H2,40,46)(H,43,47)/b11-8-/t23-,24-,27+,30+/m1/s1. The van der Waals surface area contributed by atoms with Crippen LogP contribution in [0.15, 0.2) is 46.2 Å². The molecule has 7 rings (SSSR count). The number of pyridine rings is 1. The van der Waals surface area contributed by atoms with Gasteiger partial charge in [0, 0.05) is 30.2 Å². The van der Waals surface area contributed by atoms with E-state index in [2.05, 4.69) is 24.6 Å². The highest BCUT2D eigenvalue weighted by molar-refractivity contribution is 7.90. The number of likely N-dealkylation sites (tertiary alicyclic amines) is 1. The van der Waals surface area contributed by atoms with Gasteiger partial charge in [0.1, 0.15) is 28.4 Å². The number of fused-ring (bicyclic) bond motifs is 3. The first-order valence-electron chi connectivity index (χ1n) is 18.8. The van der Waals surface area contributed by atoms with Crippen molar-refractivity contribution in [3.63, 3.8) is 0 Å². The lowest BCUT2D eigenvalue weighted by Crippen LogP contribution is -2.43. The van der Waals surface area contributed by atoms with Crippen LogP contribution in [0.25, 0.3) is 32.8 Å². The lowest BCUT2D eigenvalue weighted by Gasteiger charge is -2.22. The molecule has 4 aromatic rings. The van der Waals surface area contributed by atoms with Crippen LogP contribution in [0.4, 0.5) is 0 Å². The fourth-order valence-corrected chi connectivity index (χ4v) is 9.34. The smallest absolute Gasteiger partial charge is 0.240 e. The van der Waals surface area contributed by atoms with Crippen LogP contribution in [-0.2, 0) is 24.4 Å². The second kappa shape index (κ2) is 15.7. The molecule has 0 bridgehead atoms. The molecular formula is C39H47N5O8S2. The number of nitrogens with one attached hydrogen (secondary N) is 1. The summed E-state index contributed by atoms with van der Waals surface area (Å²) in [5, 5.41) is 3.14. The monoisotopic (exact) mass is 777 g/mol. The number of hydrogen-bond acceptors (Lipinski definition) is 11. The molecule has 54 heavy (non-hydrogen) atoms. The summed E-state index contributed by atoms with van der Waals surface area (Å²) in [4.78, 5) is 49.5. The number of para-hydroxylation sites is 1. The van der Waals surface area contributed by atoms with Crippen LogP contribution >= 0.6 is 11.3 Å². The maximum absolute atomic E-state index is 13.4. The van der Waals surface area contributed by atoms with Crippen molar-refractivity contribution < 1.29 is 36.7 Å². The molecule has 3 N–H and O–H groups in total.